The molecule has 1 heterocycles. The smallest absolute Gasteiger partial charge is 0.316 e. The minimum Gasteiger partial charge on any atom is -0.360 e. The van der Waals surface area contributed by atoms with Crippen LogP contribution in [-0.2, 0) is 0 Å². The van der Waals surface area contributed by atoms with E-state index >= 15 is 0 Å². The fourth-order valence-electron chi connectivity index (χ4n) is 1.95. The zero-order valence-electron chi connectivity index (χ0n) is 9.36. The summed E-state index contributed by atoms with van der Waals surface area (Å²) in [5.41, 5.74) is 0. The minimum absolute atomic E-state index is 0.348. The molecule has 1 rings (SSSR count). The van der Waals surface area contributed by atoms with Crippen molar-refractivity contribution in [3.05, 3.63) is 12.6 Å². The quantitative estimate of drug-likeness (QED) is 0.531. The zero-order chi connectivity index (χ0) is 10.2. The minimum atomic E-state index is 0.348. The van der Waals surface area contributed by atoms with Crippen LogP contribution < -0.4 is 0 Å². The van der Waals surface area contributed by atoms with Gasteiger partial charge in [-0.15, -0.1) is 6.58 Å². The van der Waals surface area contributed by atoms with E-state index in [0.29, 0.717) is 20.9 Å². The molecule has 0 saturated carbocycles. The second kappa shape index (κ2) is 3.90. The lowest BCUT2D eigenvalue weighted by Gasteiger charge is -2.47. The predicted molar refractivity (Wildman–Crippen MR) is 62.5 cm³/mol. The molecule has 1 fully saturated rings. The fraction of sp³-hybridized carbons (Fsp3) is 0.714. The van der Waals surface area contributed by atoms with Gasteiger partial charge in [0.2, 0.25) is 0 Å². The van der Waals surface area contributed by atoms with Crippen LogP contribution in [0.1, 0.15) is 0 Å². The van der Waals surface area contributed by atoms with Crippen molar-refractivity contribution < 1.29 is 0 Å². The predicted octanol–water partition coefficient (Wildman–Crippen LogP) is 0.245. The van der Waals surface area contributed by atoms with Crippen LogP contribution in [0.4, 0.5) is 0 Å². The highest BCUT2D eigenvalue weighted by atomic mass is 15.3. The van der Waals surface area contributed by atoms with Gasteiger partial charge in [-0.1, -0.05) is 19.6 Å². The van der Waals surface area contributed by atoms with Crippen molar-refractivity contribution in [1.29, 1.82) is 0 Å². The summed E-state index contributed by atoms with van der Waals surface area (Å²) < 4.78 is 6.97. The van der Waals surface area contributed by atoms with E-state index in [2.05, 4.69) is 55.5 Å². The van der Waals surface area contributed by atoms with Crippen molar-refractivity contribution in [3.8, 4) is 0 Å². The number of hydrogen-bond donors (Lipinski definition) is 0. The van der Waals surface area contributed by atoms with Crippen LogP contribution in [0.5, 0.6) is 0 Å². The third-order valence-electron chi connectivity index (χ3n) is 3.40. The van der Waals surface area contributed by atoms with Gasteiger partial charge in [0.25, 0.3) is 14.0 Å². The lowest BCUT2D eigenvalue weighted by atomic mass is 9.45. The molecule has 1 aliphatic heterocycles. The van der Waals surface area contributed by atoms with Crippen molar-refractivity contribution >= 4 is 20.9 Å². The van der Waals surface area contributed by atoms with E-state index in [0.717, 1.165) is 0 Å². The molecule has 0 spiro atoms. The van der Waals surface area contributed by atoms with Gasteiger partial charge < -0.3 is 14.2 Å². The highest BCUT2D eigenvalue weighted by Gasteiger charge is 2.42. The number of hydrogen-bond acceptors (Lipinski definition) is 3. The van der Waals surface area contributed by atoms with E-state index < -0.39 is 0 Å². The Morgan fingerprint density at radius 1 is 0.923 bits per heavy atom. The summed E-state index contributed by atoms with van der Waals surface area (Å²) in [7, 11) is 6.42. The number of rotatable bonds is 1. The molecule has 0 amide bonds. The maximum absolute atomic E-state index is 3.88. The molecule has 0 N–H and O–H groups in total. The monoisotopic (exact) mass is 177 g/mol. The molecule has 70 valence electrons. The molecule has 1 aliphatic rings. The third-order valence-corrected chi connectivity index (χ3v) is 3.40. The van der Waals surface area contributed by atoms with Crippen LogP contribution in [0.3, 0.4) is 0 Å². The van der Waals surface area contributed by atoms with Crippen LogP contribution in [-0.4, -0.2) is 56.3 Å². The summed E-state index contributed by atoms with van der Waals surface area (Å²) in [4.78, 5) is 0. The topological polar surface area (TPSA) is 9.72 Å². The molecule has 13 heavy (non-hydrogen) atoms. The maximum atomic E-state index is 3.88. The molecule has 0 aromatic rings. The van der Waals surface area contributed by atoms with Crippen LogP contribution in [0.15, 0.2) is 12.6 Å². The molecule has 0 radical (unpaired) electrons. The first-order valence-electron chi connectivity index (χ1n) is 4.79. The molecule has 0 aromatic carbocycles. The van der Waals surface area contributed by atoms with E-state index in [1.807, 2.05) is 5.98 Å². The van der Waals surface area contributed by atoms with Gasteiger partial charge in [0.05, 0.1) is 0 Å². The molecule has 0 atom stereocenters. The highest BCUT2D eigenvalue weighted by Crippen LogP contribution is 2.14. The third kappa shape index (κ3) is 1.71. The Morgan fingerprint density at radius 2 is 1.31 bits per heavy atom. The zero-order valence-corrected chi connectivity index (χ0v) is 9.36. The maximum Gasteiger partial charge on any atom is 0.316 e. The van der Waals surface area contributed by atoms with Gasteiger partial charge >= 0.3 is 6.98 Å². The Morgan fingerprint density at radius 3 is 1.62 bits per heavy atom. The highest BCUT2D eigenvalue weighted by molar-refractivity contribution is 6.86. The molecule has 1 saturated heterocycles. The van der Waals surface area contributed by atoms with Crippen molar-refractivity contribution in [1.82, 2.24) is 14.2 Å². The Bertz CT molecular complexity index is 185. The average molecular weight is 177 g/mol. The van der Waals surface area contributed by atoms with Crippen molar-refractivity contribution in [2.45, 2.75) is 13.6 Å². The van der Waals surface area contributed by atoms with Crippen LogP contribution in [0, 0.1) is 0 Å². The van der Waals surface area contributed by atoms with Gasteiger partial charge in [0, 0.05) is 0 Å². The van der Waals surface area contributed by atoms with Crippen molar-refractivity contribution in [3.63, 3.8) is 0 Å². The molecular weight excluding hydrogens is 159 g/mol. The Balaban J connectivity index is 2.85. The molecule has 3 nitrogen and oxygen atoms in total. The first kappa shape index (κ1) is 10.9. The summed E-state index contributed by atoms with van der Waals surface area (Å²) in [5, 5.41) is 0. The second-order valence-electron chi connectivity index (χ2n) is 3.91. The van der Waals surface area contributed by atoms with Gasteiger partial charge in [-0.2, -0.15) is 0 Å². The Kier molecular flexibility index (Phi) is 3.27. The average Bonchev–Trinajstić information content (AvgIpc) is 2.13. The lowest BCUT2D eigenvalue weighted by Crippen LogP contribution is -2.72. The fourth-order valence-corrected chi connectivity index (χ4v) is 1.95. The SMILES string of the molecule is C=CB1N(C)B(C)N(C)B(C)N1C. The van der Waals surface area contributed by atoms with Crippen molar-refractivity contribution in [2.24, 2.45) is 0 Å². The van der Waals surface area contributed by atoms with Gasteiger partial charge in [0.15, 0.2) is 0 Å². The van der Waals surface area contributed by atoms with E-state index in [1.165, 1.54) is 0 Å². The van der Waals surface area contributed by atoms with Crippen LogP contribution >= 0.6 is 0 Å². The Labute approximate surface area is 83.1 Å². The van der Waals surface area contributed by atoms with E-state index in [1.54, 1.807) is 0 Å². The van der Waals surface area contributed by atoms with E-state index in [9.17, 15) is 0 Å². The summed E-state index contributed by atoms with van der Waals surface area (Å²) >= 11 is 0. The van der Waals surface area contributed by atoms with E-state index in [-0.39, 0.29) is 0 Å². The Hall–Kier alpha value is -0.185. The summed E-state index contributed by atoms with van der Waals surface area (Å²) in [6.07, 6.45) is 0. The molecule has 0 aromatic heterocycles. The van der Waals surface area contributed by atoms with Crippen molar-refractivity contribution in [2.75, 3.05) is 21.1 Å². The standard InChI is InChI=1S/C7H18B3N3/c1-7-10-12(5)8(2)11(4)9(3)13(10)6/h7H,1H2,2-6H3. The molecule has 0 aliphatic carbocycles. The first-order chi connectivity index (χ1) is 6.00. The lowest BCUT2D eigenvalue weighted by molar-refractivity contribution is 0.549. The molecule has 0 bridgehead atoms. The van der Waals surface area contributed by atoms with Gasteiger partial charge in [0.1, 0.15) is 0 Å². The van der Waals surface area contributed by atoms with Gasteiger partial charge in [-0.3, -0.25) is 0 Å². The van der Waals surface area contributed by atoms with Crippen LogP contribution in [0.2, 0.25) is 13.6 Å². The number of nitrogens with zero attached hydrogens (tertiary/aromatic N) is 3. The van der Waals surface area contributed by atoms with Crippen LogP contribution in [0.25, 0.3) is 0 Å². The second-order valence-corrected chi connectivity index (χ2v) is 3.91. The molecule has 0 unspecified atom stereocenters. The summed E-state index contributed by atoms with van der Waals surface area (Å²) in [6.45, 7) is 9.60. The van der Waals surface area contributed by atoms with Gasteiger partial charge in [-0.05, 0) is 21.1 Å². The summed E-state index contributed by atoms with van der Waals surface area (Å²) in [5.74, 6) is 2.00. The van der Waals surface area contributed by atoms with Gasteiger partial charge in [-0.25, -0.2) is 0 Å². The summed E-state index contributed by atoms with van der Waals surface area (Å²) in [6, 6.07) is 0. The molecular formula is C7H18B3N3. The first-order valence-corrected chi connectivity index (χ1v) is 4.79. The van der Waals surface area contributed by atoms with E-state index in [4.69, 9.17) is 0 Å². The molecule has 6 heteroatoms. The normalized spacial score (nSPS) is 22.7. The largest absolute Gasteiger partial charge is 0.360 e.